The van der Waals surface area contributed by atoms with E-state index in [9.17, 15) is 4.79 Å². The van der Waals surface area contributed by atoms with Gasteiger partial charge in [0, 0.05) is 17.1 Å². The van der Waals surface area contributed by atoms with Gasteiger partial charge in [-0.15, -0.1) is 0 Å². The maximum Gasteiger partial charge on any atom is 0.265 e. The topological polar surface area (TPSA) is 50.4 Å². The molecule has 3 rings (SSSR count). The molecule has 3 aromatic carbocycles. The third-order valence-corrected chi connectivity index (χ3v) is 3.90. The van der Waals surface area contributed by atoms with Crippen molar-refractivity contribution in [1.82, 2.24) is 0 Å². The van der Waals surface area contributed by atoms with Gasteiger partial charge >= 0.3 is 0 Å². The van der Waals surface area contributed by atoms with Gasteiger partial charge in [0.1, 0.15) is 5.75 Å². The summed E-state index contributed by atoms with van der Waals surface area (Å²) in [5, 5.41) is 6.23. The van der Waals surface area contributed by atoms with Crippen LogP contribution in [0.4, 0.5) is 17.1 Å². The van der Waals surface area contributed by atoms with Gasteiger partial charge in [0.15, 0.2) is 6.10 Å². The Morgan fingerprint density at radius 1 is 0.808 bits per heavy atom. The van der Waals surface area contributed by atoms with Gasteiger partial charge in [-0.2, -0.15) is 0 Å². The van der Waals surface area contributed by atoms with E-state index in [0.717, 1.165) is 17.1 Å². The van der Waals surface area contributed by atoms with E-state index in [1.54, 1.807) is 0 Å². The minimum atomic E-state index is -0.528. The summed E-state index contributed by atoms with van der Waals surface area (Å²) in [6.45, 7) is 1.93. The molecule has 2 N–H and O–H groups in total. The van der Waals surface area contributed by atoms with E-state index >= 15 is 0 Å². The third-order valence-electron chi connectivity index (χ3n) is 3.90. The zero-order chi connectivity index (χ0) is 18.2. The molecule has 26 heavy (non-hydrogen) atoms. The van der Waals surface area contributed by atoms with Crippen molar-refractivity contribution >= 4 is 23.0 Å². The molecule has 0 heterocycles. The maximum absolute atomic E-state index is 12.5. The summed E-state index contributed by atoms with van der Waals surface area (Å²) in [5.41, 5.74) is 2.72. The van der Waals surface area contributed by atoms with Crippen LogP contribution in [0.5, 0.6) is 5.75 Å². The van der Waals surface area contributed by atoms with Crippen molar-refractivity contribution in [3.63, 3.8) is 0 Å². The Kier molecular flexibility index (Phi) is 5.88. The average molecular weight is 346 g/mol. The Morgan fingerprint density at radius 3 is 1.96 bits per heavy atom. The molecule has 0 aliphatic carbocycles. The molecule has 0 fully saturated rings. The van der Waals surface area contributed by atoms with Crippen LogP contribution in [0, 0.1) is 0 Å². The van der Waals surface area contributed by atoms with Crippen molar-refractivity contribution in [3.05, 3.63) is 84.9 Å². The van der Waals surface area contributed by atoms with Crippen LogP contribution >= 0.6 is 0 Å². The van der Waals surface area contributed by atoms with Crippen LogP contribution in [0.15, 0.2) is 84.9 Å². The SMILES string of the molecule is CC[C@@H](Oc1ccccc1)C(=O)Nc1ccc(Nc2ccccc2)cc1. The van der Waals surface area contributed by atoms with E-state index in [-0.39, 0.29) is 5.91 Å². The van der Waals surface area contributed by atoms with Crippen molar-refractivity contribution in [2.75, 3.05) is 10.6 Å². The van der Waals surface area contributed by atoms with E-state index in [0.29, 0.717) is 12.2 Å². The summed E-state index contributed by atoms with van der Waals surface area (Å²) >= 11 is 0. The van der Waals surface area contributed by atoms with Crippen LogP contribution in [0.3, 0.4) is 0 Å². The number of hydrogen-bond acceptors (Lipinski definition) is 3. The van der Waals surface area contributed by atoms with Crippen molar-refractivity contribution < 1.29 is 9.53 Å². The number of para-hydroxylation sites is 2. The fourth-order valence-electron chi connectivity index (χ4n) is 2.53. The standard InChI is InChI=1S/C22H22N2O2/c1-2-21(26-20-11-7-4-8-12-20)22(25)24-19-15-13-18(14-16-19)23-17-9-5-3-6-10-17/h3-16,21,23H,2H2,1H3,(H,24,25)/t21-/m1/s1. The lowest BCUT2D eigenvalue weighted by Gasteiger charge is -2.17. The lowest BCUT2D eigenvalue weighted by molar-refractivity contribution is -0.122. The Labute approximate surface area is 153 Å². The summed E-state index contributed by atoms with van der Waals surface area (Å²) in [5.74, 6) is 0.539. The van der Waals surface area contributed by atoms with Crippen LogP contribution in [-0.4, -0.2) is 12.0 Å². The molecule has 4 nitrogen and oxygen atoms in total. The number of rotatable bonds is 7. The van der Waals surface area contributed by atoms with E-state index in [4.69, 9.17) is 4.74 Å². The van der Waals surface area contributed by atoms with Crippen molar-refractivity contribution in [2.24, 2.45) is 0 Å². The molecule has 0 bridgehead atoms. The van der Waals surface area contributed by atoms with Crippen LogP contribution in [-0.2, 0) is 4.79 Å². The van der Waals surface area contributed by atoms with Gasteiger partial charge in [0.2, 0.25) is 0 Å². The van der Waals surface area contributed by atoms with Gasteiger partial charge in [-0.3, -0.25) is 4.79 Å². The highest BCUT2D eigenvalue weighted by Gasteiger charge is 2.18. The number of anilines is 3. The molecule has 0 saturated heterocycles. The van der Waals surface area contributed by atoms with E-state index < -0.39 is 6.10 Å². The Morgan fingerprint density at radius 2 is 1.35 bits per heavy atom. The molecule has 1 atom stereocenters. The summed E-state index contributed by atoms with van der Waals surface area (Å²) in [4.78, 5) is 12.5. The normalized spacial score (nSPS) is 11.4. The highest BCUT2D eigenvalue weighted by atomic mass is 16.5. The van der Waals surface area contributed by atoms with Crippen LogP contribution in [0.2, 0.25) is 0 Å². The van der Waals surface area contributed by atoms with Gasteiger partial charge in [0.25, 0.3) is 5.91 Å². The molecule has 0 unspecified atom stereocenters. The van der Waals surface area contributed by atoms with Crippen molar-refractivity contribution in [3.8, 4) is 5.75 Å². The van der Waals surface area contributed by atoms with E-state index in [1.807, 2.05) is 91.9 Å². The molecule has 0 aliphatic heterocycles. The Balaban J connectivity index is 1.59. The van der Waals surface area contributed by atoms with Crippen LogP contribution in [0.25, 0.3) is 0 Å². The number of amides is 1. The zero-order valence-corrected chi connectivity index (χ0v) is 14.7. The maximum atomic E-state index is 12.5. The molecular weight excluding hydrogens is 324 g/mol. The monoisotopic (exact) mass is 346 g/mol. The molecule has 0 saturated carbocycles. The van der Waals surface area contributed by atoms with Crippen molar-refractivity contribution in [1.29, 1.82) is 0 Å². The molecule has 1 amide bonds. The lowest BCUT2D eigenvalue weighted by atomic mass is 10.2. The Bertz CT molecular complexity index is 818. The van der Waals surface area contributed by atoms with Gasteiger partial charge in [-0.1, -0.05) is 43.3 Å². The van der Waals surface area contributed by atoms with Crippen LogP contribution < -0.4 is 15.4 Å². The highest BCUT2D eigenvalue weighted by Crippen LogP contribution is 2.19. The van der Waals surface area contributed by atoms with Gasteiger partial charge < -0.3 is 15.4 Å². The molecule has 4 heteroatoms. The summed E-state index contributed by atoms with van der Waals surface area (Å²) in [6, 6.07) is 26.9. The first-order chi connectivity index (χ1) is 12.7. The molecular formula is C22H22N2O2. The first kappa shape index (κ1) is 17.5. The summed E-state index contributed by atoms with van der Waals surface area (Å²) in [6.07, 6.45) is 0.0634. The van der Waals surface area contributed by atoms with Gasteiger partial charge in [-0.25, -0.2) is 0 Å². The largest absolute Gasteiger partial charge is 0.481 e. The molecule has 0 aromatic heterocycles. The predicted molar refractivity (Wildman–Crippen MR) is 106 cm³/mol. The minimum absolute atomic E-state index is 0.153. The predicted octanol–water partition coefficient (Wildman–Crippen LogP) is 5.23. The Hall–Kier alpha value is -3.27. The number of benzene rings is 3. The molecule has 3 aromatic rings. The molecule has 0 aliphatic rings. The number of hydrogen-bond donors (Lipinski definition) is 2. The number of nitrogens with one attached hydrogen (secondary N) is 2. The first-order valence-electron chi connectivity index (χ1n) is 8.69. The van der Waals surface area contributed by atoms with Crippen LogP contribution in [0.1, 0.15) is 13.3 Å². The quantitative estimate of drug-likeness (QED) is 0.616. The lowest BCUT2D eigenvalue weighted by Crippen LogP contribution is -2.32. The molecule has 0 spiro atoms. The number of carbonyl (C=O) groups is 1. The van der Waals surface area contributed by atoms with E-state index in [1.165, 1.54) is 0 Å². The fraction of sp³-hybridized carbons (Fsp3) is 0.136. The van der Waals surface area contributed by atoms with E-state index in [2.05, 4.69) is 10.6 Å². The smallest absolute Gasteiger partial charge is 0.265 e. The number of carbonyl (C=O) groups excluding carboxylic acids is 1. The second-order valence-electron chi connectivity index (χ2n) is 5.89. The highest BCUT2D eigenvalue weighted by molar-refractivity contribution is 5.94. The number of ether oxygens (including phenoxy) is 1. The fourth-order valence-corrected chi connectivity index (χ4v) is 2.53. The second-order valence-corrected chi connectivity index (χ2v) is 5.89. The van der Waals surface area contributed by atoms with Gasteiger partial charge in [-0.05, 0) is 55.0 Å². The molecule has 0 radical (unpaired) electrons. The van der Waals surface area contributed by atoms with Gasteiger partial charge in [0.05, 0.1) is 0 Å². The second kappa shape index (κ2) is 8.72. The average Bonchev–Trinajstić information content (AvgIpc) is 2.69. The zero-order valence-electron chi connectivity index (χ0n) is 14.7. The van der Waals surface area contributed by atoms with Crippen molar-refractivity contribution in [2.45, 2.75) is 19.4 Å². The molecule has 132 valence electrons. The summed E-state index contributed by atoms with van der Waals surface area (Å²) in [7, 11) is 0. The summed E-state index contributed by atoms with van der Waals surface area (Å²) < 4.78 is 5.78. The first-order valence-corrected chi connectivity index (χ1v) is 8.69. The third kappa shape index (κ3) is 4.86. The minimum Gasteiger partial charge on any atom is -0.481 e.